The molecule has 0 aliphatic carbocycles. The lowest BCUT2D eigenvalue weighted by atomic mass is 10.2. The Bertz CT molecular complexity index is 93.4. The fourth-order valence-corrected chi connectivity index (χ4v) is 0.455. The zero-order valence-corrected chi connectivity index (χ0v) is 11.4. The predicted molar refractivity (Wildman–Crippen MR) is 71.7 cm³/mol. The van der Waals surface area contributed by atoms with Crippen molar-refractivity contribution in [2.45, 2.75) is 54.4 Å². The molecular weight excluding hydrogens is 170 g/mol. The molecule has 0 fully saturated rings. The predicted octanol–water partition coefficient (Wildman–Crippen LogP) is 4.55. The van der Waals surface area contributed by atoms with Crippen LogP contribution in [0.3, 0.4) is 0 Å². The molecule has 1 nitrogen and oxygen atoms in total. The highest BCUT2D eigenvalue weighted by Gasteiger charge is 1.76. The number of hydrogen-bond donors (Lipinski definition) is 1. The quantitative estimate of drug-likeness (QED) is 0.666. The van der Waals surface area contributed by atoms with E-state index in [4.69, 9.17) is 0 Å². The van der Waals surface area contributed by atoms with E-state index in [2.05, 4.69) is 32.2 Å². The fourth-order valence-electron chi connectivity index (χ4n) is 0.455. The maximum absolute atomic E-state index is 4.50. The van der Waals surface area contributed by atoms with Crippen molar-refractivity contribution in [3.8, 4) is 0 Å². The molecule has 1 heteroatoms. The summed E-state index contributed by atoms with van der Waals surface area (Å²) in [5, 5.41) is 0. The second-order valence-corrected chi connectivity index (χ2v) is 1.94. The van der Waals surface area contributed by atoms with Gasteiger partial charge in [-0.25, -0.2) is 0 Å². The lowest BCUT2D eigenvalue weighted by Crippen LogP contribution is -1.69. The largest absolute Gasteiger partial charge is 0.333 e. The standard InChI is InChI=1S/C8H14.2C2H6.CH5N/c1-4-6-7-8(3)5-2;3*1-2/h5,7H,2,4,6H2,1,3H3;2*1-2H3;2H2,1H3/b8-7-;;;. The van der Waals surface area contributed by atoms with Gasteiger partial charge in [-0.2, -0.15) is 0 Å². The molecule has 88 valence electrons. The van der Waals surface area contributed by atoms with E-state index in [9.17, 15) is 0 Å². The van der Waals surface area contributed by atoms with Gasteiger partial charge in [-0.15, -0.1) is 0 Å². The molecule has 0 aromatic carbocycles. The van der Waals surface area contributed by atoms with Crippen molar-refractivity contribution in [3.05, 3.63) is 24.3 Å². The Morgan fingerprint density at radius 2 is 1.50 bits per heavy atom. The van der Waals surface area contributed by atoms with Crippen LogP contribution in [0.4, 0.5) is 0 Å². The SMILES string of the molecule is C=C/C(C)=C\CCC.CC.CC.CN. The van der Waals surface area contributed by atoms with Crippen LogP contribution < -0.4 is 5.73 Å². The molecule has 2 N–H and O–H groups in total. The normalized spacial score (nSPS) is 7.86. The van der Waals surface area contributed by atoms with Gasteiger partial charge in [-0.05, 0) is 20.4 Å². The van der Waals surface area contributed by atoms with E-state index in [1.165, 1.54) is 25.5 Å². The molecule has 14 heavy (non-hydrogen) atoms. The Labute approximate surface area is 92.1 Å². The van der Waals surface area contributed by atoms with Crippen molar-refractivity contribution in [1.82, 2.24) is 0 Å². The molecule has 0 saturated carbocycles. The smallest absolute Gasteiger partial charge is 0.0195 e. The third-order valence-corrected chi connectivity index (χ3v) is 1.08. The number of nitrogens with two attached hydrogens (primary N) is 1. The van der Waals surface area contributed by atoms with Crippen LogP contribution in [0.25, 0.3) is 0 Å². The molecule has 0 radical (unpaired) electrons. The minimum Gasteiger partial charge on any atom is -0.333 e. The Morgan fingerprint density at radius 1 is 1.14 bits per heavy atom. The summed E-state index contributed by atoms with van der Waals surface area (Å²) in [6, 6.07) is 0. The molecule has 0 bridgehead atoms. The topological polar surface area (TPSA) is 26.0 Å². The van der Waals surface area contributed by atoms with Gasteiger partial charge in [0.2, 0.25) is 0 Å². The van der Waals surface area contributed by atoms with Crippen LogP contribution in [0.15, 0.2) is 24.3 Å². The van der Waals surface area contributed by atoms with E-state index in [1.807, 2.05) is 33.8 Å². The van der Waals surface area contributed by atoms with Crippen molar-refractivity contribution in [3.63, 3.8) is 0 Å². The van der Waals surface area contributed by atoms with E-state index < -0.39 is 0 Å². The first-order valence-corrected chi connectivity index (χ1v) is 5.68. The summed E-state index contributed by atoms with van der Waals surface area (Å²) in [4.78, 5) is 0. The van der Waals surface area contributed by atoms with Gasteiger partial charge in [0, 0.05) is 0 Å². The van der Waals surface area contributed by atoms with Crippen molar-refractivity contribution >= 4 is 0 Å². The van der Waals surface area contributed by atoms with Crippen LogP contribution in [-0.4, -0.2) is 7.05 Å². The first-order valence-electron chi connectivity index (χ1n) is 5.68. The summed E-state index contributed by atoms with van der Waals surface area (Å²) < 4.78 is 0. The molecule has 0 heterocycles. The van der Waals surface area contributed by atoms with Crippen LogP contribution in [0.5, 0.6) is 0 Å². The van der Waals surface area contributed by atoms with Crippen LogP contribution in [-0.2, 0) is 0 Å². The van der Waals surface area contributed by atoms with E-state index in [-0.39, 0.29) is 0 Å². The highest BCUT2D eigenvalue weighted by molar-refractivity contribution is 5.12. The Balaban J connectivity index is -0.0000000708. The Morgan fingerprint density at radius 3 is 1.71 bits per heavy atom. The van der Waals surface area contributed by atoms with Gasteiger partial charge < -0.3 is 5.73 Å². The van der Waals surface area contributed by atoms with Crippen molar-refractivity contribution < 1.29 is 0 Å². The number of hydrogen-bond acceptors (Lipinski definition) is 1. The van der Waals surface area contributed by atoms with Crippen molar-refractivity contribution in [2.24, 2.45) is 5.73 Å². The van der Waals surface area contributed by atoms with Gasteiger partial charge in [-0.3, -0.25) is 0 Å². The first kappa shape index (κ1) is 23.3. The number of rotatable bonds is 3. The molecule has 0 aliphatic heterocycles. The van der Waals surface area contributed by atoms with Gasteiger partial charge in [0.05, 0.1) is 0 Å². The summed E-state index contributed by atoms with van der Waals surface area (Å²) in [7, 11) is 1.50. The summed E-state index contributed by atoms with van der Waals surface area (Å²) in [5.74, 6) is 0. The summed E-state index contributed by atoms with van der Waals surface area (Å²) >= 11 is 0. The fraction of sp³-hybridized carbons (Fsp3) is 0.692. The maximum atomic E-state index is 4.50. The van der Waals surface area contributed by atoms with Gasteiger partial charge in [0.25, 0.3) is 0 Å². The lowest BCUT2D eigenvalue weighted by Gasteiger charge is -1.87. The molecule has 0 rings (SSSR count). The van der Waals surface area contributed by atoms with Crippen LogP contribution >= 0.6 is 0 Å². The van der Waals surface area contributed by atoms with Crippen LogP contribution in [0.1, 0.15) is 54.4 Å². The molecule has 0 aliphatic rings. The highest BCUT2D eigenvalue weighted by atomic mass is 14.4. The minimum atomic E-state index is 1.18. The first-order chi connectivity index (χ1) is 6.81. The Kier molecular flexibility index (Phi) is 65.4. The van der Waals surface area contributed by atoms with E-state index in [1.54, 1.807) is 0 Å². The Hall–Kier alpha value is -0.560. The summed E-state index contributed by atoms with van der Waals surface area (Å²) in [6.45, 7) is 15.9. The van der Waals surface area contributed by atoms with Crippen molar-refractivity contribution in [2.75, 3.05) is 7.05 Å². The second-order valence-electron chi connectivity index (χ2n) is 1.94. The number of unbranched alkanes of at least 4 members (excludes halogenated alkanes) is 1. The van der Waals surface area contributed by atoms with Crippen molar-refractivity contribution in [1.29, 1.82) is 0 Å². The zero-order chi connectivity index (χ0) is 12.4. The third kappa shape index (κ3) is 42.1. The molecule has 0 spiro atoms. The molecule has 0 atom stereocenters. The molecule has 0 unspecified atom stereocenters. The summed E-state index contributed by atoms with van der Waals surface area (Å²) in [6.07, 6.45) is 6.49. The molecular formula is C13H31N. The lowest BCUT2D eigenvalue weighted by molar-refractivity contribution is 0.952. The van der Waals surface area contributed by atoms with Gasteiger partial charge in [0.1, 0.15) is 0 Å². The molecule has 0 aromatic rings. The monoisotopic (exact) mass is 201 g/mol. The van der Waals surface area contributed by atoms with Crippen LogP contribution in [0.2, 0.25) is 0 Å². The van der Waals surface area contributed by atoms with Gasteiger partial charge >= 0.3 is 0 Å². The second kappa shape index (κ2) is 39.3. The highest BCUT2D eigenvalue weighted by Crippen LogP contribution is 1.96. The third-order valence-electron chi connectivity index (χ3n) is 1.08. The summed E-state index contributed by atoms with van der Waals surface area (Å²) in [5.41, 5.74) is 5.78. The van der Waals surface area contributed by atoms with Gasteiger partial charge in [-0.1, -0.05) is 65.3 Å². The van der Waals surface area contributed by atoms with Gasteiger partial charge in [0.15, 0.2) is 0 Å². The molecule has 0 aromatic heterocycles. The van der Waals surface area contributed by atoms with E-state index in [0.717, 1.165) is 0 Å². The minimum absolute atomic E-state index is 1.18. The molecule has 0 saturated heterocycles. The van der Waals surface area contributed by atoms with E-state index in [0.29, 0.717) is 0 Å². The maximum Gasteiger partial charge on any atom is -0.0195 e. The van der Waals surface area contributed by atoms with Crippen LogP contribution in [0, 0.1) is 0 Å². The average molecular weight is 201 g/mol. The average Bonchev–Trinajstić information content (AvgIpc) is 2.33. The molecule has 0 amide bonds. The van der Waals surface area contributed by atoms with E-state index >= 15 is 0 Å². The zero-order valence-electron chi connectivity index (χ0n) is 11.4. The number of allylic oxidation sites excluding steroid dienone is 3.